The average molecular weight is 505 g/mol. The lowest BCUT2D eigenvalue weighted by molar-refractivity contribution is -0.366. The van der Waals surface area contributed by atoms with Gasteiger partial charge in [0.15, 0.2) is 0 Å². The van der Waals surface area contributed by atoms with E-state index in [9.17, 15) is 20.4 Å². The Morgan fingerprint density at radius 2 is 1.71 bits per heavy atom. The van der Waals surface area contributed by atoms with E-state index in [1.165, 1.54) is 7.11 Å². The minimum atomic E-state index is -1.78. The summed E-state index contributed by atoms with van der Waals surface area (Å²) in [7, 11) is 1.34. The summed E-state index contributed by atoms with van der Waals surface area (Å²) in [4.78, 5) is 0. The van der Waals surface area contributed by atoms with Crippen LogP contribution in [0.3, 0.4) is 0 Å². The van der Waals surface area contributed by atoms with E-state index in [0.29, 0.717) is 23.1 Å². The first-order chi connectivity index (χ1) is 16.8. The van der Waals surface area contributed by atoms with Crippen LogP contribution in [0.4, 0.5) is 0 Å². The van der Waals surface area contributed by atoms with Crippen molar-refractivity contribution in [2.75, 3.05) is 13.7 Å². The third-order valence-corrected chi connectivity index (χ3v) is 8.52. The molecule has 2 aliphatic carbocycles. The molecule has 190 valence electrons. The maximum Gasteiger partial charge on any atom is 0.224 e. The number of rotatable bonds is 7. The molecular weight excluding hydrogens is 472 g/mol. The van der Waals surface area contributed by atoms with Crippen LogP contribution in [-0.4, -0.2) is 64.7 Å². The van der Waals surface area contributed by atoms with Crippen molar-refractivity contribution in [1.82, 2.24) is 0 Å². The molecule has 1 unspecified atom stereocenters. The van der Waals surface area contributed by atoms with Gasteiger partial charge in [-0.1, -0.05) is 36.7 Å². The molecule has 4 N–H and O–H groups in total. The standard InChI is InChI=1S/C27H33ClO7/c1-14-20-11-19(12-21(14)20)34-18-6-3-15(4-7-18)9-16-10-17(5-8-22(16)28)27(33-2)26(32)25(31)24(30)23(13-29)35-27/h3-8,10,14,19-21,23-26,29-32H,9,11-13H2,1-2H3/t14-,19-,20+,21-,23-,24-,25+,26-,27?/m1/s1. The van der Waals surface area contributed by atoms with E-state index in [2.05, 4.69) is 6.92 Å². The largest absolute Gasteiger partial charge is 0.490 e. The minimum Gasteiger partial charge on any atom is -0.490 e. The second kappa shape index (κ2) is 9.63. The normalized spacial score (nSPS) is 38.3. The highest BCUT2D eigenvalue weighted by Gasteiger charge is 2.55. The molecule has 9 atom stereocenters. The van der Waals surface area contributed by atoms with Gasteiger partial charge in [0.1, 0.15) is 30.2 Å². The van der Waals surface area contributed by atoms with Crippen molar-refractivity contribution in [3.63, 3.8) is 0 Å². The van der Waals surface area contributed by atoms with Gasteiger partial charge in [-0.2, -0.15) is 0 Å². The first kappa shape index (κ1) is 25.0. The number of methoxy groups -OCH3 is 1. The Bertz CT molecular complexity index is 1030. The summed E-state index contributed by atoms with van der Waals surface area (Å²) in [5, 5.41) is 41.4. The number of fused-ring (bicyclic) bond motifs is 1. The minimum absolute atomic E-state index is 0.307. The summed E-state index contributed by atoms with van der Waals surface area (Å²) in [5.41, 5.74) is 2.22. The molecule has 0 amide bonds. The van der Waals surface area contributed by atoms with Crippen LogP contribution in [0.15, 0.2) is 42.5 Å². The quantitative estimate of drug-likeness (QED) is 0.459. The molecular formula is C27H33ClO7. The Hall–Kier alpha value is -1.71. The zero-order chi connectivity index (χ0) is 24.9. The molecule has 5 rings (SSSR count). The Morgan fingerprint density at radius 3 is 2.34 bits per heavy atom. The SMILES string of the molecule is COC1(c2ccc(Cl)c(Cc3ccc(O[C@H]4C[C@@H]5[C@H](C)[C@@H]5C4)cc3)c2)O[C@H](CO)[C@@H](O)[C@H](O)[C@H]1O. The number of aliphatic hydroxyl groups excluding tert-OH is 4. The Balaban J connectivity index is 1.33. The number of aliphatic hydroxyl groups is 4. The molecule has 1 saturated heterocycles. The lowest BCUT2D eigenvalue weighted by Gasteiger charge is -2.47. The van der Waals surface area contributed by atoms with Crippen LogP contribution >= 0.6 is 11.6 Å². The molecule has 0 radical (unpaired) electrons. The summed E-state index contributed by atoms with van der Waals surface area (Å²) in [6.45, 7) is 1.78. The Kier molecular flexibility index (Phi) is 6.87. The first-order valence-corrected chi connectivity index (χ1v) is 12.6. The van der Waals surface area contributed by atoms with Gasteiger partial charge < -0.3 is 34.6 Å². The van der Waals surface area contributed by atoms with E-state index in [1.807, 2.05) is 24.3 Å². The topological polar surface area (TPSA) is 109 Å². The molecule has 0 aromatic heterocycles. The van der Waals surface area contributed by atoms with E-state index in [0.717, 1.165) is 47.5 Å². The highest BCUT2D eigenvalue weighted by Crippen LogP contribution is 2.57. The van der Waals surface area contributed by atoms with E-state index >= 15 is 0 Å². The fourth-order valence-corrected chi connectivity index (χ4v) is 6.09. The molecule has 8 heteroatoms. The average Bonchev–Trinajstić information content (AvgIpc) is 3.25. The predicted octanol–water partition coefficient (Wildman–Crippen LogP) is 2.63. The lowest BCUT2D eigenvalue weighted by Crippen LogP contribution is -2.64. The number of benzene rings is 2. The van der Waals surface area contributed by atoms with Crippen LogP contribution in [0, 0.1) is 17.8 Å². The van der Waals surface area contributed by atoms with Gasteiger partial charge in [0, 0.05) is 17.7 Å². The van der Waals surface area contributed by atoms with Gasteiger partial charge in [-0.05, 0) is 72.4 Å². The zero-order valence-corrected chi connectivity index (χ0v) is 20.6. The molecule has 1 aliphatic heterocycles. The maximum absolute atomic E-state index is 10.8. The van der Waals surface area contributed by atoms with E-state index < -0.39 is 36.8 Å². The van der Waals surface area contributed by atoms with E-state index in [4.69, 9.17) is 25.8 Å². The lowest BCUT2D eigenvalue weighted by atomic mass is 9.87. The van der Waals surface area contributed by atoms with Crippen LogP contribution in [0.25, 0.3) is 0 Å². The van der Waals surface area contributed by atoms with Gasteiger partial charge in [-0.15, -0.1) is 0 Å². The molecule has 35 heavy (non-hydrogen) atoms. The summed E-state index contributed by atoms with van der Waals surface area (Å²) in [5.74, 6) is 1.63. The van der Waals surface area contributed by atoms with Crippen molar-refractivity contribution < 1.29 is 34.6 Å². The van der Waals surface area contributed by atoms with Gasteiger partial charge >= 0.3 is 0 Å². The van der Waals surface area contributed by atoms with Crippen molar-refractivity contribution in [1.29, 1.82) is 0 Å². The van der Waals surface area contributed by atoms with Crippen LogP contribution in [0.2, 0.25) is 5.02 Å². The van der Waals surface area contributed by atoms with Crippen molar-refractivity contribution in [3.05, 3.63) is 64.2 Å². The Morgan fingerprint density at radius 1 is 1.03 bits per heavy atom. The van der Waals surface area contributed by atoms with Gasteiger partial charge in [0.05, 0.1) is 12.7 Å². The number of hydrogen-bond donors (Lipinski definition) is 4. The van der Waals surface area contributed by atoms with Gasteiger partial charge in [-0.25, -0.2) is 0 Å². The second-order valence-corrected chi connectivity index (χ2v) is 10.6. The maximum atomic E-state index is 10.8. The predicted molar refractivity (Wildman–Crippen MR) is 129 cm³/mol. The van der Waals surface area contributed by atoms with Gasteiger partial charge in [-0.3, -0.25) is 0 Å². The number of hydrogen-bond acceptors (Lipinski definition) is 7. The molecule has 2 aromatic carbocycles. The number of ether oxygens (including phenoxy) is 3. The van der Waals surface area contributed by atoms with Crippen LogP contribution in [0.5, 0.6) is 5.75 Å². The molecule has 0 spiro atoms. The Labute approximate surface area is 210 Å². The third kappa shape index (κ3) is 4.48. The fourth-order valence-electron chi connectivity index (χ4n) is 5.91. The van der Waals surface area contributed by atoms with Crippen LogP contribution < -0.4 is 4.74 Å². The highest BCUT2D eigenvalue weighted by atomic mass is 35.5. The monoisotopic (exact) mass is 504 g/mol. The molecule has 3 aliphatic rings. The molecule has 7 nitrogen and oxygen atoms in total. The zero-order valence-electron chi connectivity index (χ0n) is 19.9. The van der Waals surface area contributed by atoms with E-state index in [1.54, 1.807) is 18.2 Å². The van der Waals surface area contributed by atoms with Crippen molar-refractivity contribution in [2.45, 2.75) is 62.5 Å². The van der Waals surface area contributed by atoms with Crippen molar-refractivity contribution >= 4 is 11.6 Å². The van der Waals surface area contributed by atoms with Crippen molar-refractivity contribution in [3.8, 4) is 5.75 Å². The van der Waals surface area contributed by atoms with Crippen molar-refractivity contribution in [2.24, 2.45) is 17.8 Å². The summed E-state index contributed by atoms with van der Waals surface area (Å²) >= 11 is 6.49. The second-order valence-electron chi connectivity index (χ2n) is 10.2. The van der Waals surface area contributed by atoms with Crippen LogP contribution in [0.1, 0.15) is 36.5 Å². The first-order valence-electron chi connectivity index (χ1n) is 12.2. The number of halogens is 1. The van der Waals surface area contributed by atoms with E-state index in [-0.39, 0.29) is 0 Å². The van der Waals surface area contributed by atoms with Gasteiger partial charge in [0.25, 0.3) is 0 Å². The van der Waals surface area contributed by atoms with Crippen LogP contribution in [-0.2, 0) is 21.7 Å². The third-order valence-electron chi connectivity index (χ3n) is 8.15. The fraction of sp³-hybridized carbons (Fsp3) is 0.556. The smallest absolute Gasteiger partial charge is 0.224 e. The summed E-state index contributed by atoms with van der Waals surface area (Å²) in [6, 6.07) is 13.1. The summed E-state index contributed by atoms with van der Waals surface area (Å²) in [6.07, 6.45) is -2.62. The molecule has 0 bridgehead atoms. The molecule has 2 saturated carbocycles. The molecule has 3 fully saturated rings. The van der Waals surface area contributed by atoms with Gasteiger partial charge in [0.2, 0.25) is 5.79 Å². The molecule has 2 aromatic rings. The highest BCUT2D eigenvalue weighted by molar-refractivity contribution is 6.31. The molecule has 1 heterocycles. The summed E-state index contributed by atoms with van der Waals surface area (Å²) < 4.78 is 17.5.